The highest BCUT2D eigenvalue weighted by Gasteiger charge is 2.36. The van der Waals surface area contributed by atoms with Gasteiger partial charge in [0.2, 0.25) is 0 Å². The van der Waals surface area contributed by atoms with E-state index in [9.17, 15) is 23.2 Å². The lowest BCUT2D eigenvalue weighted by atomic mass is 9.95. The van der Waals surface area contributed by atoms with Gasteiger partial charge in [-0.05, 0) is 67.4 Å². The first kappa shape index (κ1) is 26.9. The molecule has 10 heteroatoms. The molecule has 38 heavy (non-hydrogen) atoms. The van der Waals surface area contributed by atoms with E-state index in [0.717, 1.165) is 17.7 Å². The maximum Gasteiger partial charge on any atom is 0.416 e. The van der Waals surface area contributed by atoms with Gasteiger partial charge in [-0.25, -0.2) is 9.79 Å². The number of rotatable bonds is 6. The number of alkyl halides is 3. The van der Waals surface area contributed by atoms with E-state index in [1.807, 2.05) is 12.1 Å². The Morgan fingerprint density at radius 1 is 1.13 bits per heavy atom. The van der Waals surface area contributed by atoms with Crippen molar-refractivity contribution in [2.24, 2.45) is 4.99 Å². The molecule has 4 rings (SSSR count). The van der Waals surface area contributed by atoms with Gasteiger partial charge in [0.25, 0.3) is 0 Å². The Morgan fingerprint density at radius 3 is 2.47 bits per heavy atom. The average Bonchev–Trinajstić information content (AvgIpc) is 2.92. The van der Waals surface area contributed by atoms with Gasteiger partial charge in [0.05, 0.1) is 29.4 Å². The van der Waals surface area contributed by atoms with Crippen LogP contribution in [-0.2, 0) is 21.5 Å². The molecule has 1 unspecified atom stereocenters. The summed E-state index contributed by atoms with van der Waals surface area (Å²) in [6.07, 6.45) is -1.22. The molecule has 194 valence electrons. The van der Waals surface area contributed by atoms with E-state index in [4.69, 9.17) is 9.73 Å². The van der Waals surface area contributed by atoms with Gasteiger partial charge in [-0.2, -0.15) is 18.4 Å². The minimum absolute atomic E-state index is 0.118. The molecule has 0 N–H and O–H groups in total. The van der Waals surface area contributed by atoms with E-state index < -0.39 is 23.8 Å². The van der Waals surface area contributed by atoms with Gasteiger partial charge in [-0.3, -0.25) is 9.88 Å². The van der Waals surface area contributed by atoms with Crippen LogP contribution in [0.4, 0.5) is 18.9 Å². The minimum Gasteiger partial charge on any atom is -0.463 e. The zero-order valence-electron chi connectivity index (χ0n) is 20.6. The lowest BCUT2D eigenvalue weighted by molar-refractivity contribution is -0.139. The van der Waals surface area contributed by atoms with Gasteiger partial charge < -0.3 is 4.74 Å². The van der Waals surface area contributed by atoms with E-state index in [-0.39, 0.29) is 17.9 Å². The zero-order valence-corrected chi connectivity index (χ0v) is 21.4. The van der Waals surface area contributed by atoms with Crippen molar-refractivity contribution in [3.63, 3.8) is 0 Å². The molecule has 3 aromatic rings. The van der Waals surface area contributed by atoms with Crippen LogP contribution in [0.15, 0.2) is 89.3 Å². The summed E-state index contributed by atoms with van der Waals surface area (Å²) >= 11 is 1.33. The third-order valence-corrected chi connectivity index (χ3v) is 6.85. The maximum atomic E-state index is 13.6. The first-order valence-electron chi connectivity index (χ1n) is 11.7. The van der Waals surface area contributed by atoms with Crippen LogP contribution < -0.4 is 4.90 Å². The van der Waals surface area contributed by atoms with Gasteiger partial charge in [-0.1, -0.05) is 30.0 Å². The Balaban J connectivity index is 1.86. The van der Waals surface area contributed by atoms with Gasteiger partial charge in [0.15, 0.2) is 5.17 Å². The Bertz CT molecular complexity index is 1410. The number of thioether (sulfide) groups is 1. The van der Waals surface area contributed by atoms with Crippen molar-refractivity contribution < 1.29 is 22.7 Å². The molecule has 0 spiro atoms. The molecule has 1 aliphatic rings. The van der Waals surface area contributed by atoms with Crippen LogP contribution in [0.3, 0.4) is 0 Å². The number of pyridine rings is 1. The van der Waals surface area contributed by atoms with E-state index in [2.05, 4.69) is 11.1 Å². The summed E-state index contributed by atoms with van der Waals surface area (Å²) in [5, 5.41) is 9.61. The molecule has 0 bridgehead atoms. The van der Waals surface area contributed by atoms with E-state index >= 15 is 0 Å². The molecule has 0 fully saturated rings. The second kappa shape index (κ2) is 11.5. The fourth-order valence-corrected chi connectivity index (χ4v) is 5.04. The minimum atomic E-state index is -4.54. The van der Waals surface area contributed by atoms with Crippen molar-refractivity contribution in [2.45, 2.75) is 31.8 Å². The third-order valence-electron chi connectivity index (χ3n) is 5.83. The average molecular weight is 537 g/mol. The van der Waals surface area contributed by atoms with Crippen LogP contribution in [0, 0.1) is 11.3 Å². The number of aromatic nitrogens is 1. The highest BCUT2D eigenvalue weighted by Crippen LogP contribution is 2.41. The number of nitriles is 1. The van der Waals surface area contributed by atoms with Crippen molar-refractivity contribution in [1.29, 1.82) is 5.26 Å². The first-order valence-corrected chi connectivity index (χ1v) is 12.7. The number of aliphatic imine (C=N–C) groups is 1. The normalized spacial score (nSPS) is 15.6. The van der Waals surface area contributed by atoms with Gasteiger partial charge in [0, 0.05) is 29.5 Å². The highest BCUT2D eigenvalue weighted by molar-refractivity contribution is 8.13. The van der Waals surface area contributed by atoms with Crippen molar-refractivity contribution in [2.75, 3.05) is 11.5 Å². The van der Waals surface area contributed by atoms with Crippen LogP contribution in [0.1, 0.15) is 42.1 Å². The zero-order chi connectivity index (χ0) is 27.3. The molecule has 2 heterocycles. The molecule has 1 atom stereocenters. The predicted octanol–water partition coefficient (Wildman–Crippen LogP) is 6.66. The van der Waals surface area contributed by atoms with Crippen molar-refractivity contribution in [3.8, 4) is 6.07 Å². The Labute approximate surface area is 222 Å². The molecule has 1 aliphatic heterocycles. The number of carbonyl (C=O) groups excluding carboxylic acids is 1. The Morgan fingerprint density at radius 2 is 1.84 bits per heavy atom. The monoisotopic (exact) mass is 536 g/mol. The summed E-state index contributed by atoms with van der Waals surface area (Å²) in [5.41, 5.74) is 2.07. The van der Waals surface area contributed by atoms with E-state index in [1.54, 1.807) is 61.5 Å². The lowest BCUT2D eigenvalue weighted by Crippen LogP contribution is -2.35. The van der Waals surface area contributed by atoms with Crippen LogP contribution >= 0.6 is 11.8 Å². The van der Waals surface area contributed by atoms with Crippen molar-refractivity contribution >= 4 is 28.6 Å². The summed E-state index contributed by atoms with van der Waals surface area (Å²) in [4.78, 5) is 23.6. The fraction of sp³-hybridized carbons (Fsp3) is 0.214. The largest absolute Gasteiger partial charge is 0.463 e. The molecule has 0 amide bonds. The van der Waals surface area contributed by atoms with E-state index in [0.29, 0.717) is 27.7 Å². The van der Waals surface area contributed by atoms with Crippen molar-refractivity contribution in [3.05, 3.63) is 107 Å². The van der Waals surface area contributed by atoms with Crippen LogP contribution in [0.25, 0.3) is 0 Å². The molecule has 0 saturated carbocycles. The number of allylic oxidation sites excluding steroid dienone is 1. The second-order valence-corrected chi connectivity index (χ2v) is 9.24. The number of hydrogen-bond donors (Lipinski definition) is 0. The fourth-order valence-electron chi connectivity index (χ4n) is 4.00. The SMILES string of the molecule is CCOC(=O)C1=C(C)N(c2cccc(C(F)(F)F)c2)C(SCc2ccncc2)=NC1c1ccc(C#N)cc1. The smallest absolute Gasteiger partial charge is 0.416 e. The molecule has 1 aromatic heterocycles. The Hall–Kier alpha value is -4.10. The number of anilines is 1. The molecule has 0 aliphatic carbocycles. The molecule has 2 aromatic carbocycles. The molecule has 6 nitrogen and oxygen atoms in total. The second-order valence-electron chi connectivity index (χ2n) is 8.30. The quantitative estimate of drug-likeness (QED) is 0.328. The van der Waals surface area contributed by atoms with Gasteiger partial charge in [0.1, 0.15) is 6.04 Å². The molecular weight excluding hydrogens is 513 g/mol. The van der Waals surface area contributed by atoms with Gasteiger partial charge in [-0.15, -0.1) is 0 Å². The summed E-state index contributed by atoms with van der Waals surface area (Å²) < 4.78 is 46.1. The standard InChI is InChI=1S/C28H23F3N4O2S/c1-3-37-26(36)24-18(2)35(23-6-4-5-22(15-23)28(29,30)31)27(38-17-20-11-13-33-14-12-20)34-25(24)21-9-7-19(16-32)8-10-21/h4-15,25H,3,17H2,1-2H3. The first-order chi connectivity index (χ1) is 18.2. The molecule has 0 saturated heterocycles. The topological polar surface area (TPSA) is 78.6 Å². The number of hydrogen-bond acceptors (Lipinski definition) is 7. The van der Waals surface area contributed by atoms with E-state index in [1.165, 1.54) is 17.8 Å². The van der Waals surface area contributed by atoms with Crippen LogP contribution in [0.2, 0.25) is 0 Å². The summed E-state index contributed by atoms with van der Waals surface area (Å²) in [6.45, 7) is 3.47. The summed E-state index contributed by atoms with van der Waals surface area (Å²) in [6, 6.07) is 16.6. The number of esters is 1. The van der Waals surface area contributed by atoms with Crippen LogP contribution in [0.5, 0.6) is 0 Å². The number of nitrogens with zero attached hydrogens (tertiary/aromatic N) is 4. The lowest BCUT2D eigenvalue weighted by Gasteiger charge is -2.35. The third kappa shape index (κ3) is 5.89. The summed E-state index contributed by atoms with van der Waals surface area (Å²) in [5.74, 6) is -0.142. The number of benzene rings is 2. The van der Waals surface area contributed by atoms with Gasteiger partial charge >= 0.3 is 12.1 Å². The highest BCUT2D eigenvalue weighted by atomic mass is 32.2. The summed E-state index contributed by atoms with van der Waals surface area (Å²) in [7, 11) is 0. The number of ether oxygens (including phenoxy) is 1. The molecule has 0 radical (unpaired) electrons. The predicted molar refractivity (Wildman–Crippen MR) is 140 cm³/mol. The maximum absolute atomic E-state index is 13.6. The number of halogens is 3. The van der Waals surface area contributed by atoms with Crippen LogP contribution in [-0.4, -0.2) is 22.7 Å². The van der Waals surface area contributed by atoms with Crippen molar-refractivity contribution in [1.82, 2.24) is 4.98 Å². The Kier molecular flexibility index (Phi) is 8.17. The number of carbonyl (C=O) groups is 1. The number of amidine groups is 1. The molecular formula is C28H23F3N4O2S.